The maximum absolute atomic E-state index is 13.9. The van der Waals surface area contributed by atoms with Gasteiger partial charge in [-0.15, -0.1) is 0 Å². The van der Waals surface area contributed by atoms with E-state index in [2.05, 4.69) is 37.9 Å². The Morgan fingerprint density at radius 2 is 1.76 bits per heavy atom. The predicted octanol–water partition coefficient (Wildman–Crippen LogP) is 3.42. The zero-order valence-electron chi connectivity index (χ0n) is 13.4. The summed E-state index contributed by atoms with van der Waals surface area (Å²) in [6, 6.07) is 4.77. The predicted molar refractivity (Wildman–Crippen MR) is 82.0 cm³/mol. The zero-order chi connectivity index (χ0) is 15.6. The van der Waals surface area contributed by atoms with Crippen LogP contribution in [0.1, 0.15) is 33.3 Å². The molecule has 21 heavy (non-hydrogen) atoms. The van der Waals surface area contributed by atoms with E-state index in [0.717, 1.165) is 13.1 Å². The second-order valence-electron chi connectivity index (χ2n) is 6.70. The van der Waals surface area contributed by atoms with Gasteiger partial charge in [-0.1, -0.05) is 33.8 Å². The van der Waals surface area contributed by atoms with E-state index < -0.39 is 11.6 Å². The van der Waals surface area contributed by atoms with Crippen molar-refractivity contribution in [3.05, 3.63) is 35.4 Å². The van der Waals surface area contributed by atoms with Crippen LogP contribution in [0.25, 0.3) is 0 Å². The van der Waals surface area contributed by atoms with E-state index in [1.807, 2.05) is 0 Å². The van der Waals surface area contributed by atoms with Crippen LogP contribution >= 0.6 is 0 Å². The average Bonchev–Trinajstić information content (AvgIpc) is 2.42. The first-order chi connectivity index (χ1) is 9.90. The van der Waals surface area contributed by atoms with Gasteiger partial charge in [0.2, 0.25) is 0 Å². The van der Waals surface area contributed by atoms with E-state index in [4.69, 9.17) is 0 Å². The normalized spacial score (nSPS) is 24.0. The molecule has 0 saturated carbocycles. The molecule has 0 aliphatic carbocycles. The molecule has 4 heteroatoms. The molecule has 0 radical (unpaired) electrons. The topological polar surface area (TPSA) is 15.3 Å². The molecule has 1 aromatic rings. The highest BCUT2D eigenvalue weighted by Crippen LogP contribution is 2.23. The largest absolute Gasteiger partial charge is 0.311 e. The van der Waals surface area contributed by atoms with Crippen LogP contribution in [0.3, 0.4) is 0 Å². The fourth-order valence-corrected chi connectivity index (χ4v) is 3.03. The van der Waals surface area contributed by atoms with Gasteiger partial charge in [0, 0.05) is 37.3 Å². The molecule has 0 bridgehead atoms. The number of halogens is 2. The lowest BCUT2D eigenvalue weighted by atomic mass is 9.93. The van der Waals surface area contributed by atoms with Crippen LogP contribution in [0.15, 0.2) is 18.2 Å². The van der Waals surface area contributed by atoms with Crippen LogP contribution in [0.5, 0.6) is 0 Å². The number of piperazine rings is 1. The third kappa shape index (κ3) is 3.80. The van der Waals surface area contributed by atoms with Crippen molar-refractivity contribution in [2.24, 2.45) is 11.8 Å². The summed E-state index contributed by atoms with van der Waals surface area (Å²) in [6.07, 6.45) is 0. The molecular formula is C17H26F2N2. The molecule has 1 aliphatic heterocycles. The minimum atomic E-state index is -0.447. The van der Waals surface area contributed by atoms with E-state index in [0.29, 0.717) is 30.5 Å². The first-order valence-electron chi connectivity index (χ1n) is 7.80. The van der Waals surface area contributed by atoms with Gasteiger partial charge < -0.3 is 5.32 Å². The SMILES string of the molecule is CC(C)C1CN(Cc2c(F)cccc2F)C(C(C)C)CN1. The Kier molecular flexibility index (Phi) is 5.33. The lowest BCUT2D eigenvalue weighted by Crippen LogP contribution is -2.59. The van der Waals surface area contributed by atoms with Gasteiger partial charge in [-0.2, -0.15) is 0 Å². The van der Waals surface area contributed by atoms with Crippen LogP contribution < -0.4 is 5.32 Å². The number of nitrogens with one attached hydrogen (secondary N) is 1. The molecule has 1 aromatic carbocycles. The molecule has 0 spiro atoms. The lowest BCUT2D eigenvalue weighted by molar-refractivity contribution is 0.0763. The molecule has 2 unspecified atom stereocenters. The van der Waals surface area contributed by atoms with Crippen molar-refractivity contribution in [1.29, 1.82) is 0 Å². The number of rotatable bonds is 4. The number of hydrogen-bond acceptors (Lipinski definition) is 2. The van der Waals surface area contributed by atoms with E-state index in [1.54, 1.807) is 0 Å². The Labute approximate surface area is 126 Å². The third-order valence-corrected chi connectivity index (χ3v) is 4.49. The molecule has 1 saturated heterocycles. The summed E-state index contributed by atoms with van der Waals surface area (Å²) in [6.45, 7) is 10.7. The minimum absolute atomic E-state index is 0.188. The van der Waals surface area contributed by atoms with Crippen molar-refractivity contribution >= 4 is 0 Å². The Morgan fingerprint density at radius 3 is 2.29 bits per heavy atom. The van der Waals surface area contributed by atoms with E-state index in [-0.39, 0.29) is 5.56 Å². The summed E-state index contributed by atoms with van der Waals surface area (Å²) in [5.41, 5.74) is 0.188. The maximum Gasteiger partial charge on any atom is 0.130 e. The van der Waals surface area contributed by atoms with Crippen molar-refractivity contribution in [1.82, 2.24) is 10.2 Å². The lowest BCUT2D eigenvalue weighted by Gasteiger charge is -2.43. The monoisotopic (exact) mass is 296 g/mol. The van der Waals surface area contributed by atoms with Crippen LogP contribution in [0.4, 0.5) is 8.78 Å². The zero-order valence-corrected chi connectivity index (χ0v) is 13.4. The second kappa shape index (κ2) is 6.84. The molecule has 1 N–H and O–H groups in total. The standard InChI is InChI=1S/C17H26F2N2/c1-11(2)16-10-21(17(8-20-16)12(3)4)9-13-14(18)6-5-7-15(13)19/h5-7,11-12,16-17,20H,8-10H2,1-4H3. The smallest absolute Gasteiger partial charge is 0.130 e. The summed E-state index contributed by atoms with van der Waals surface area (Å²) in [5.74, 6) is 0.0563. The Hall–Kier alpha value is -1.00. The first kappa shape index (κ1) is 16.4. The molecule has 1 aliphatic rings. The summed E-state index contributed by atoms with van der Waals surface area (Å²) in [4.78, 5) is 2.23. The van der Waals surface area contributed by atoms with Crippen molar-refractivity contribution in [2.45, 2.75) is 46.3 Å². The van der Waals surface area contributed by atoms with Gasteiger partial charge in [0.05, 0.1) is 0 Å². The molecule has 0 aromatic heterocycles. The van der Waals surface area contributed by atoms with Crippen molar-refractivity contribution in [3.8, 4) is 0 Å². The molecule has 2 rings (SSSR count). The molecule has 0 amide bonds. The summed E-state index contributed by atoms with van der Waals surface area (Å²) in [5, 5.41) is 3.57. The van der Waals surface area contributed by atoms with Crippen LogP contribution in [-0.2, 0) is 6.54 Å². The molecule has 2 atom stereocenters. The van der Waals surface area contributed by atoms with Crippen molar-refractivity contribution < 1.29 is 8.78 Å². The molecule has 1 fully saturated rings. The average molecular weight is 296 g/mol. The summed E-state index contributed by atoms with van der Waals surface area (Å²) in [7, 11) is 0. The van der Waals surface area contributed by atoms with E-state index in [1.165, 1.54) is 18.2 Å². The highest BCUT2D eigenvalue weighted by atomic mass is 19.1. The van der Waals surface area contributed by atoms with Crippen molar-refractivity contribution in [3.63, 3.8) is 0 Å². The van der Waals surface area contributed by atoms with Gasteiger partial charge in [0.15, 0.2) is 0 Å². The number of benzene rings is 1. The van der Waals surface area contributed by atoms with E-state index in [9.17, 15) is 8.78 Å². The van der Waals surface area contributed by atoms with Gasteiger partial charge in [0.25, 0.3) is 0 Å². The van der Waals surface area contributed by atoms with Gasteiger partial charge >= 0.3 is 0 Å². The molecule has 1 heterocycles. The van der Waals surface area contributed by atoms with Crippen LogP contribution in [0, 0.1) is 23.5 Å². The van der Waals surface area contributed by atoms with Gasteiger partial charge in [0.1, 0.15) is 11.6 Å². The minimum Gasteiger partial charge on any atom is -0.311 e. The maximum atomic E-state index is 13.9. The highest BCUT2D eigenvalue weighted by Gasteiger charge is 2.31. The van der Waals surface area contributed by atoms with Gasteiger partial charge in [-0.05, 0) is 24.0 Å². The molecule has 2 nitrogen and oxygen atoms in total. The summed E-state index contributed by atoms with van der Waals surface area (Å²) >= 11 is 0. The Balaban J connectivity index is 2.20. The quantitative estimate of drug-likeness (QED) is 0.916. The fraction of sp³-hybridized carbons (Fsp3) is 0.647. The second-order valence-corrected chi connectivity index (χ2v) is 6.70. The number of hydrogen-bond donors (Lipinski definition) is 1. The van der Waals surface area contributed by atoms with Crippen LogP contribution in [-0.4, -0.2) is 30.1 Å². The highest BCUT2D eigenvalue weighted by molar-refractivity contribution is 5.20. The third-order valence-electron chi connectivity index (χ3n) is 4.49. The van der Waals surface area contributed by atoms with Gasteiger partial charge in [-0.3, -0.25) is 4.90 Å². The fourth-order valence-electron chi connectivity index (χ4n) is 3.03. The number of nitrogens with zero attached hydrogens (tertiary/aromatic N) is 1. The Bertz CT molecular complexity index is 454. The Morgan fingerprint density at radius 1 is 1.14 bits per heavy atom. The van der Waals surface area contributed by atoms with Crippen molar-refractivity contribution in [2.75, 3.05) is 13.1 Å². The van der Waals surface area contributed by atoms with Crippen LogP contribution in [0.2, 0.25) is 0 Å². The first-order valence-corrected chi connectivity index (χ1v) is 7.80. The van der Waals surface area contributed by atoms with Gasteiger partial charge in [-0.25, -0.2) is 8.78 Å². The summed E-state index contributed by atoms with van der Waals surface area (Å²) < 4.78 is 27.8. The molecular weight excluding hydrogens is 270 g/mol. The van der Waals surface area contributed by atoms with E-state index >= 15 is 0 Å². The molecule has 118 valence electrons.